The molecule has 1 N–H and O–H groups in total. The number of nitrogens with zero attached hydrogens (tertiary/aromatic N) is 1. The summed E-state index contributed by atoms with van der Waals surface area (Å²) in [5.74, 6) is 0.196. The molecule has 0 bridgehead atoms. The van der Waals surface area contributed by atoms with Crippen LogP contribution in [0.4, 0.5) is 0 Å². The van der Waals surface area contributed by atoms with Crippen LogP contribution in [0.2, 0.25) is 0 Å². The Morgan fingerprint density at radius 3 is 2.79 bits per heavy atom. The minimum atomic E-state index is 0.196. The highest BCUT2D eigenvalue weighted by atomic mass is 16.2. The summed E-state index contributed by atoms with van der Waals surface area (Å²) < 4.78 is 0. The lowest BCUT2D eigenvalue weighted by Crippen LogP contribution is -2.40. The van der Waals surface area contributed by atoms with Crippen LogP contribution in [0, 0.1) is 0 Å². The Kier molecular flexibility index (Phi) is 5.40. The van der Waals surface area contributed by atoms with Gasteiger partial charge >= 0.3 is 0 Å². The average molecular weight is 260 g/mol. The first-order valence-electron chi connectivity index (χ1n) is 7.28. The second-order valence-corrected chi connectivity index (χ2v) is 5.35. The normalized spacial score (nSPS) is 18.5. The molecule has 1 aromatic rings. The molecule has 1 heterocycles. The van der Waals surface area contributed by atoms with Crippen molar-refractivity contribution < 1.29 is 4.79 Å². The van der Waals surface area contributed by atoms with E-state index in [1.165, 1.54) is 18.4 Å². The Labute approximate surface area is 116 Å². The van der Waals surface area contributed by atoms with E-state index in [0.717, 1.165) is 32.5 Å². The maximum Gasteiger partial charge on any atom is 0.219 e. The van der Waals surface area contributed by atoms with Crippen molar-refractivity contribution in [3.63, 3.8) is 0 Å². The Balaban J connectivity index is 1.75. The van der Waals surface area contributed by atoms with E-state index < -0.39 is 0 Å². The van der Waals surface area contributed by atoms with Crippen LogP contribution in [-0.4, -0.2) is 36.5 Å². The Hall–Kier alpha value is -1.35. The molecular formula is C16H24N2O. The highest BCUT2D eigenvalue weighted by molar-refractivity contribution is 5.73. The average Bonchev–Trinajstić information content (AvgIpc) is 2.91. The van der Waals surface area contributed by atoms with E-state index in [0.29, 0.717) is 6.04 Å². The third-order valence-corrected chi connectivity index (χ3v) is 3.78. The minimum absolute atomic E-state index is 0.196. The minimum Gasteiger partial charge on any atom is -0.341 e. The molecule has 0 aliphatic carbocycles. The third-order valence-electron chi connectivity index (χ3n) is 3.78. The van der Waals surface area contributed by atoms with Gasteiger partial charge in [0.2, 0.25) is 5.91 Å². The molecule has 1 aromatic carbocycles. The van der Waals surface area contributed by atoms with Crippen LogP contribution in [0.3, 0.4) is 0 Å². The molecule has 0 spiro atoms. The van der Waals surface area contributed by atoms with Gasteiger partial charge < -0.3 is 10.2 Å². The predicted molar refractivity (Wildman–Crippen MR) is 78.0 cm³/mol. The molecule has 2 rings (SSSR count). The summed E-state index contributed by atoms with van der Waals surface area (Å²) in [5, 5.41) is 3.46. The van der Waals surface area contributed by atoms with E-state index in [-0.39, 0.29) is 5.91 Å². The molecule has 19 heavy (non-hydrogen) atoms. The first kappa shape index (κ1) is 14.1. The highest BCUT2D eigenvalue weighted by Crippen LogP contribution is 2.09. The number of aryl methyl sites for hydroxylation is 1. The molecule has 3 heteroatoms. The quantitative estimate of drug-likeness (QED) is 0.850. The summed E-state index contributed by atoms with van der Waals surface area (Å²) in [4.78, 5) is 13.7. The highest BCUT2D eigenvalue weighted by Gasteiger charge is 2.18. The maximum absolute atomic E-state index is 11.7. The number of rotatable bonds is 6. The molecule has 1 aliphatic rings. The van der Waals surface area contributed by atoms with Gasteiger partial charge in [0.1, 0.15) is 0 Å². The van der Waals surface area contributed by atoms with Crippen molar-refractivity contribution in [3.05, 3.63) is 35.9 Å². The first-order chi connectivity index (χ1) is 9.25. The topological polar surface area (TPSA) is 32.3 Å². The van der Waals surface area contributed by atoms with Crippen molar-refractivity contribution >= 4 is 5.91 Å². The molecule has 1 atom stereocenters. The van der Waals surface area contributed by atoms with Gasteiger partial charge in [-0.15, -0.1) is 0 Å². The number of nitrogens with one attached hydrogen (secondary N) is 1. The fraction of sp³-hybridized carbons (Fsp3) is 0.562. The van der Waals surface area contributed by atoms with E-state index in [1.54, 1.807) is 6.92 Å². The van der Waals surface area contributed by atoms with Crippen LogP contribution in [0.1, 0.15) is 31.7 Å². The SMILES string of the molecule is CC(=O)N(CCCc1ccccc1)C[C@@H]1CCCN1. The zero-order valence-electron chi connectivity index (χ0n) is 11.8. The Morgan fingerprint density at radius 1 is 1.37 bits per heavy atom. The molecule has 0 saturated carbocycles. The molecule has 104 valence electrons. The lowest BCUT2D eigenvalue weighted by atomic mass is 10.1. The molecule has 1 saturated heterocycles. The van der Waals surface area contributed by atoms with E-state index in [2.05, 4.69) is 29.6 Å². The molecule has 1 amide bonds. The number of hydrogen-bond donors (Lipinski definition) is 1. The van der Waals surface area contributed by atoms with Gasteiger partial charge in [0, 0.05) is 26.1 Å². The van der Waals surface area contributed by atoms with Gasteiger partial charge in [-0.25, -0.2) is 0 Å². The van der Waals surface area contributed by atoms with Crippen molar-refractivity contribution in [1.82, 2.24) is 10.2 Å². The maximum atomic E-state index is 11.7. The van der Waals surface area contributed by atoms with Crippen LogP contribution >= 0.6 is 0 Å². The van der Waals surface area contributed by atoms with E-state index >= 15 is 0 Å². The van der Waals surface area contributed by atoms with Crippen LogP contribution in [-0.2, 0) is 11.2 Å². The van der Waals surface area contributed by atoms with Crippen LogP contribution < -0.4 is 5.32 Å². The summed E-state index contributed by atoms with van der Waals surface area (Å²) in [6.45, 7) is 4.50. The fourth-order valence-corrected chi connectivity index (χ4v) is 2.67. The van der Waals surface area contributed by atoms with Crippen molar-refractivity contribution in [2.24, 2.45) is 0 Å². The summed E-state index contributed by atoms with van der Waals surface area (Å²) in [6.07, 6.45) is 4.52. The van der Waals surface area contributed by atoms with Gasteiger partial charge in [0.25, 0.3) is 0 Å². The van der Waals surface area contributed by atoms with E-state index in [9.17, 15) is 4.79 Å². The van der Waals surface area contributed by atoms with Gasteiger partial charge in [-0.1, -0.05) is 30.3 Å². The zero-order valence-corrected chi connectivity index (χ0v) is 11.8. The number of hydrogen-bond acceptors (Lipinski definition) is 2. The third kappa shape index (κ3) is 4.67. The zero-order chi connectivity index (χ0) is 13.5. The van der Waals surface area contributed by atoms with E-state index in [4.69, 9.17) is 0 Å². The number of amides is 1. The van der Waals surface area contributed by atoms with Gasteiger partial charge in [-0.05, 0) is 37.8 Å². The van der Waals surface area contributed by atoms with Gasteiger partial charge in [-0.3, -0.25) is 4.79 Å². The van der Waals surface area contributed by atoms with Crippen LogP contribution in [0.15, 0.2) is 30.3 Å². The molecule has 0 aromatic heterocycles. The molecule has 3 nitrogen and oxygen atoms in total. The smallest absolute Gasteiger partial charge is 0.219 e. The Morgan fingerprint density at radius 2 is 2.16 bits per heavy atom. The molecule has 1 aliphatic heterocycles. The van der Waals surface area contributed by atoms with Gasteiger partial charge in [0.05, 0.1) is 0 Å². The molecule has 1 fully saturated rings. The van der Waals surface area contributed by atoms with Crippen molar-refractivity contribution in [2.45, 2.75) is 38.6 Å². The number of benzene rings is 1. The fourth-order valence-electron chi connectivity index (χ4n) is 2.67. The lowest BCUT2D eigenvalue weighted by molar-refractivity contribution is -0.129. The van der Waals surface area contributed by atoms with E-state index in [1.807, 2.05) is 11.0 Å². The number of carbonyl (C=O) groups is 1. The van der Waals surface area contributed by atoms with Crippen molar-refractivity contribution in [3.8, 4) is 0 Å². The summed E-state index contributed by atoms with van der Waals surface area (Å²) in [6, 6.07) is 11.0. The summed E-state index contributed by atoms with van der Waals surface area (Å²) in [7, 11) is 0. The monoisotopic (exact) mass is 260 g/mol. The van der Waals surface area contributed by atoms with Crippen LogP contribution in [0.5, 0.6) is 0 Å². The molecule has 0 unspecified atom stereocenters. The number of carbonyl (C=O) groups excluding carboxylic acids is 1. The molecular weight excluding hydrogens is 236 g/mol. The Bertz CT molecular complexity index is 385. The molecule has 0 radical (unpaired) electrons. The second-order valence-electron chi connectivity index (χ2n) is 5.35. The first-order valence-corrected chi connectivity index (χ1v) is 7.28. The van der Waals surface area contributed by atoms with Gasteiger partial charge in [-0.2, -0.15) is 0 Å². The second kappa shape index (κ2) is 7.29. The summed E-state index contributed by atoms with van der Waals surface area (Å²) >= 11 is 0. The summed E-state index contributed by atoms with van der Waals surface area (Å²) in [5.41, 5.74) is 1.35. The van der Waals surface area contributed by atoms with Crippen LogP contribution in [0.25, 0.3) is 0 Å². The largest absolute Gasteiger partial charge is 0.341 e. The van der Waals surface area contributed by atoms with Crippen molar-refractivity contribution in [1.29, 1.82) is 0 Å². The van der Waals surface area contributed by atoms with Gasteiger partial charge in [0.15, 0.2) is 0 Å². The lowest BCUT2D eigenvalue weighted by Gasteiger charge is -2.24. The predicted octanol–water partition coefficient (Wildman–Crippen LogP) is 2.22. The standard InChI is InChI=1S/C16H24N2O/c1-14(19)18(13-16-10-5-11-17-16)12-6-9-15-7-3-2-4-8-15/h2-4,7-8,16-17H,5-6,9-13H2,1H3/t16-/m0/s1. The van der Waals surface area contributed by atoms with Crippen molar-refractivity contribution in [2.75, 3.05) is 19.6 Å².